The second-order valence-electron chi connectivity index (χ2n) is 3.13. The van der Waals surface area contributed by atoms with Crippen LogP contribution in [0.4, 0.5) is 0 Å². The maximum atomic E-state index is 11.5. The number of aliphatic hydroxyl groups is 1. The van der Waals surface area contributed by atoms with Crippen LogP contribution in [0.3, 0.4) is 0 Å². The largest absolute Gasteiger partial charge is 0.467 e. The Labute approximate surface area is 80.2 Å². The summed E-state index contributed by atoms with van der Waals surface area (Å²) in [6.07, 6.45) is 0. The summed E-state index contributed by atoms with van der Waals surface area (Å²) in [5.74, 6) is -3.10. The lowest BCUT2D eigenvalue weighted by atomic mass is 9.93. The highest BCUT2D eigenvalue weighted by Gasteiger charge is 2.56. The predicted molar refractivity (Wildman–Crippen MR) is 44.1 cm³/mol. The van der Waals surface area contributed by atoms with E-state index >= 15 is 0 Å². The average molecular weight is 201 g/mol. The summed E-state index contributed by atoms with van der Waals surface area (Å²) in [6.45, 7) is 0.590. The van der Waals surface area contributed by atoms with Gasteiger partial charge in [-0.3, -0.25) is 9.59 Å². The molecule has 1 aliphatic heterocycles. The van der Waals surface area contributed by atoms with Crippen molar-refractivity contribution in [2.45, 2.75) is 12.5 Å². The molecular formula is C8H11NO5. The molecule has 0 aromatic heterocycles. The van der Waals surface area contributed by atoms with E-state index in [0.29, 0.717) is 0 Å². The van der Waals surface area contributed by atoms with E-state index in [1.54, 1.807) is 0 Å². The molecular weight excluding hydrogens is 190 g/mol. The van der Waals surface area contributed by atoms with Crippen molar-refractivity contribution in [1.82, 2.24) is 5.32 Å². The van der Waals surface area contributed by atoms with Crippen molar-refractivity contribution >= 4 is 17.7 Å². The topological polar surface area (TPSA) is 92.7 Å². The Bertz CT molecular complexity index is 300. The summed E-state index contributed by atoms with van der Waals surface area (Å²) in [4.78, 5) is 33.9. The number of esters is 1. The number of amides is 1. The van der Waals surface area contributed by atoms with Gasteiger partial charge in [0, 0.05) is 0 Å². The third kappa shape index (κ3) is 1.19. The number of methoxy groups -OCH3 is 1. The van der Waals surface area contributed by atoms with E-state index in [9.17, 15) is 14.4 Å². The van der Waals surface area contributed by atoms with Crippen molar-refractivity contribution in [2.24, 2.45) is 5.92 Å². The van der Waals surface area contributed by atoms with Crippen LogP contribution in [0.5, 0.6) is 0 Å². The van der Waals surface area contributed by atoms with Crippen LogP contribution in [0, 0.1) is 5.92 Å². The fourth-order valence-corrected chi connectivity index (χ4v) is 1.38. The van der Waals surface area contributed by atoms with Crippen LogP contribution >= 0.6 is 0 Å². The van der Waals surface area contributed by atoms with Crippen LogP contribution in [0.25, 0.3) is 0 Å². The molecule has 0 aromatic carbocycles. The standard InChI is InChI=1S/C8H11NO5/c1-4-5(11)8(3-10,7(13)14-2)9-6(4)12/h4,10H,3H2,1-2H3,(H,9,12)/t4-,8+/m0/s1. The van der Waals surface area contributed by atoms with Crippen LogP contribution in [0.15, 0.2) is 0 Å². The van der Waals surface area contributed by atoms with Gasteiger partial charge in [0.1, 0.15) is 0 Å². The highest BCUT2D eigenvalue weighted by molar-refractivity contribution is 6.22. The molecule has 0 bridgehead atoms. The van der Waals surface area contributed by atoms with Gasteiger partial charge in [0.05, 0.1) is 19.6 Å². The van der Waals surface area contributed by atoms with Crippen LogP contribution in [-0.4, -0.2) is 42.0 Å². The molecule has 6 nitrogen and oxygen atoms in total. The van der Waals surface area contributed by atoms with Gasteiger partial charge in [0.2, 0.25) is 11.4 Å². The number of carbonyl (C=O) groups is 3. The first kappa shape index (κ1) is 10.6. The number of rotatable bonds is 2. The Kier molecular flexibility index (Phi) is 2.57. The number of ketones is 1. The van der Waals surface area contributed by atoms with E-state index in [-0.39, 0.29) is 0 Å². The third-order valence-electron chi connectivity index (χ3n) is 2.31. The zero-order valence-corrected chi connectivity index (χ0v) is 7.86. The van der Waals surface area contributed by atoms with Crippen molar-refractivity contribution in [1.29, 1.82) is 0 Å². The van der Waals surface area contributed by atoms with Crippen LogP contribution in [0.1, 0.15) is 6.92 Å². The maximum Gasteiger partial charge on any atom is 0.341 e. The fraction of sp³-hybridized carbons (Fsp3) is 0.625. The molecule has 2 N–H and O–H groups in total. The Morgan fingerprint density at radius 1 is 1.64 bits per heavy atom. The molecule has 0 radical (unpaired) electrons. The number of aliphatic hydroxyl groups excluding tert-OH is 1. The van der Waals surface area contributed by atoms with Crippen molar-refractivity contribution in [3.05, 3.63) is 0 Å². The third-order valence-corrected chi connectivity index (χ3v) is 2.31. The highest BCUT2D eigenvalue weighted by Crippen LogP contribution is 2.22. The lowest BCUT2D eigenvalue weighted by molar-refractivity contribution is -0.154. The van der Waals surface area contributed by atoms with Gasteiger partial charge in [-0.05, 0) is 6.92 Å². The smallest absolute Gasteiger partial charge is 0.341 e. The van der Waals surface area contributed by atoms with E-state index in [4.69, 9.17) is 5.11 Å². The van der Waals surface area contributed by atoms with E-state index in [1.807, 2.05) is 0 Å². The molecule has 0 saturated carbocycles. The molecule has 0 aromatic rings. The van der Waals surface area contributed by atoms with Crippen molar-refractivity contribution in [3.8, 4) is 0 Å². The Balaban J connectivity index is 3.09. The minimum Gasteiger partial charge on any atom is -0.467 e. The minimum absolute atomic E-state index is 0.575. The number of nitrogens with one attached hydrogen (secondary N) is 1. The fourth-order valence-electron chi connectivity index (χ4n) is 1.38. The molecule has 2 atom stereocenters. The maximum absolute atomic E-state index is 11.5. The van der Waals surface area contributed by atoms with E-state index in [0.717, 1.165) is 7.11 Å². The zero-order valence-electron chi connectivity index (χ0n) is 7.86. The number of Topliss-reactive ketones (excluding diaryl/α,β-unsaturated/α-hetero) is 1. The Morgan fingerprint density at radius 2 is 2.21 bits per heavy atom. The SMILES string of the molecule is COC(=O)[C@]1(CO)NC(=O)[C@@H](C)C1=O. The molecule has 1 aliphatic rings. The summed E-state index contributed by atoms with van der Waals surface area (Å²) in [6, 6.07) is 0. The quantitative estimate of drug-likeness (QED) is 0.407. The summed E-state index contributed by atoms with van der Waals surface area (Å²) in [5.41, 5.74) is -1.90. The lowest BCUT2D eigenvalue weighted by Gasteiger charge is -2.21. The zero-order chi connectivity index (χ0) is 10.9. The minimum atomic E-state index is -1.90. The number of ether oxygens (including phenoxy) is 1. The molecule has 0 unspecified atom stereocenters. The molecule has 1 fully saturated rings. The summed E-state index contributed by atoms with van der Waals surface area (Å²) in [5, 5.41) is 11.1. The first-order valence-corrected chi connectivity index (χ1v) is 4.05. The highest BCUT2D eigenvalue weighted by atomic mass is 16.5. The van der Waals surface area contributed by atoms with Gasteiger partial charge in [-0.15, -0.1) is 0 Å². The molecule has 14 heavy (non-hydrogen) atoms. The van der Waals surface area contributed by atoms with Crippen LogP contribution in [0.2, 0.25) is 0 Å². The molecule has 1 heterocycles. The van der Waals surface area contributed by atoms with Gasteiger partial charge in [0.15, 0.2) is 5.78 Å². The Morgan fingerprint density at radius 3 is 2.50 bits per heavy atom. The van der Waals surface area contributed by atoms with Gasteiger partial charge in [-0.1, -0.05) is 0 Å². The van der Waals surface area contributed by atoms with Gasteiger partial charge in [-0.2, -0.15) is 0 Å². The van der Waals surface area contributed by atoms with E-state index in [2.05, 4.69) is 10.1 Å². The molecule has 1 amide bonds. The predicted octanol–water partition coefficient (Wildman–Crippen LogP) is -1.77. The summed E-state index contributed by atoms with van der Waals surface area (Å²) in [7, 11) is 1.09. The number of hydrogen-bond acceptors (Lipinski definition) is 5. The van der Waals surface area contributed by atoms with Gasteiger partial charge in [-0.25, -0.2) is 4.79 Å². The lowest BCUT2D eigenvalue weighted by Crippen LogP contribution is -2.57. The summed E-state index contributed by atoms with van der Waals surface area (Å²) < 4.78 is 4.36. The molecule has 1 saturated heterocycles. The summed E-state index contributed by atoms with van der Waals surface area (Å²) >= 11 is 0. The molecule has 0 spiro atoms. The van der Waals surface area contributed by atoms with Crippen LogP contribution in [-0.2, 0) is 19.1 Å². The van der Waals surface area contributed by atoms with E-state index in [1.165, 1.54) is 6.92 Å². The van der Waals surface area contributed by atoms with Crippen molar-refractivity contribution < 1.29 is 24.2 Å². The monoisotopic (exact) mass is 201 g/mol. The van der Waals surface area contributed by atoms with E-state index < -0.39 is 35.7 Å². The average Bonchev–Trinajstić information content (AvgIpc) is 2.42. The van der Waals surface area contributed by atoms with Crippen LogP contribution < -0.4 is 5.32 Å². The molecule has 6 heteroatoms. The first-order valence-electron chi connectivity index (χ1n) is 4.05. The van der Waals surface area contributed by atoms with Gasteiger partial charge in [0.25, 0.3) is 0 Å². The van der Waals surface area contributed by atoms with Gasteiger partial charge < -0.3 is 15.2 Å². The number of carbonyl (C=O) groups excluding carboxylic acids is 3. The number of hydrogen-bond donors (Lipinski definition) is 2. The van der Waals surface area contributed by atoms with Crippen molar-refractivity contribution in [2.75, 3.05) is 13.7 Å². The Hall–Kier alpha value is -1.43. The normalized spacial score (nSPS) is 31.5. The van der Waals surface area contributed by atoms with Crippen molar-refractivity contribution in [3.63, 3.8) is 0 Å². The first-order chi connectivity index (χ1) is 6.49. The molecule has 78 valence electrons. The van der Waals surface area contributed by atoms with Gasteiger partial charge >= 0.3 is 5.97 Å². The molecule has 1 rings (SSSR count). The molecule has 0 aliphatic carbocycles. The second-order valence-corrected chi connectivity index (χ2v) is 3.13. The second kappa shape index (κ2) is 3.38.